The number of aromatic amines is 1. The van der Waals surface area contributed by atoms with Crippen molar-refractivity contribution in [3.05, 3.63) is 5.82 Å². The van der Waals surface area contributed by atoms with Crippen LogP contribution in [0.15, 0.2) is 0 Å². The summed E-state index contributed by atoms with van der Waals surface area (Å²) in [6.07, 6.45) is -0.123. The van der Waals surface area contributed by atoms with E-state index in [0.717, 1.165) is 0 Å². The number of amides is 1. The molecule has 0 saturated heterocycles. The zero-order chi connectivity index (χ0) is 10.6. The Morgan fingerprint density at radius 3 is 2.79 bits per heavy atom. The fourth-order valence-electron chi connectivity index (χ4n) is 0.936. The van der Waals surface area contributed by atoms with Gasteiger partial charge < -0.3 is 5.32 Å². The maximum atomic E-state index is 11.1. The number of tetrazole rings is 1. The number of ketones is 1. The van der Waals surface area contributed by atoms with E-state index in [2.05, 4.69) is 25.9 Å². The fraction of sp³-hybridized carbons (Fsp3) is 0.571. The van der Waals surface area contributed by atoms with Gasteiger partial charge in [0.2, 0.25) is 5.91 Å². The highest BCUT2D eigenvalue weighted by Crippen LogP contribution is 2.02. The van der Waals surface area contributed by atoms with Gasteiger partial charge in [0.15, 0.2) is 5.82 Å². The number of H-pyrrole nitrogens is 1. The lowest BCUT2D eigenvalue weighted by Crippen LogP contribution is -2.28. The monoisotopic (exact) mass is 197 g/mol. The molecule has 0 saturated carbocycles. The van der Waals surface area contributed by atoms with Crippen molar-refractivity contribution >= 4 is 11.7 Å². The van der Waals surface area contributed by atoms with E-state index in [-0.39, 0.29) is 24.2 Å². The van der Waals surface area contributed by atoms with E-state index in [1.54, 1.807) is 6.92 Å². The highest BCUT2D eigenvalue weighted by atomic mass is 16.2. The normalized spacial score (nSPS) is 12.1. The van der Waals surface area contributed by atoms with Gasteiger partial charge in [0.25, 0.3) is 0 Å². The van der Waals surface area contributed by atoms with Gasteiger partial charge in [0.05, 0.1) is 12.5 Å². The van der Waals surface area contributed by atoms with Crippen LogP contribution in [-0.4, -0.2) is 32.3 Å². The van der Waals surface area contributed by atoms with Crippen LogP contribution in [0.3, 0.4) is 0 Å². The summed E-state index contributed by atoms with van der Waals surface area (Å²) in [6.45, 7) is 3.07. The standard InChI is InChI=1S/C7H11N5O2/c1-4(13)3-6(14)8-5(2)7-9-11-12-10-7/h5H,3H2,1-2H3,(H,8,14)(H,9,10,11,12). The van der Waals surface area contributed by atoms with Crippen molar-refractivity contribution in [1.29, 1.82) is 0 Å². The number of nitrogens with zero attached hydrogens (tertiary/aromatic N) is 3. The molecule has 0 fully saturated rings. The minimum absolute atomic E-state index is 0.123. The van der Waals surface area contributed by atoms with Crippen LogP contribution in [0.2, 0.25) is 0 Å². The molecule has 0 radical (unpaired) electrons. The molecule has 2 N–H and O–H groups in total. The first kappa shape index (κ1) is 10.3. The van der Waals surface area contributed by atoms with Gasteiger partial charge in [0, 0.05) is 0 Å². The molecule has 14 heavy (non-hydrogen) atoms. The summed E-state index contributed by atoms with van der Waals surface area (Å²) in [7, 11) is 0. The van der Waals surface area contributed by atoms with E-state index in [1.807, 2.05) is 0 Å². The second kappa shape index (κ2) is 4.45. The topological polar surface area (TPSA) is 101 Å². The van der Waals surface area contributed by atoms with Crippen LogP contribution in [0.5, 0.6) is 0 Å². The van der Waals surface area contributed by atoms with Gasteiger partial charge in [-0.2, -0.15) is 5.21 Å². The number of nitrogens with one attached hydrogen (secondary N) is 2. The lowest BCUT2D eigenvalue weighted by Gasteiger charge is -2.08. The van der Waals surface area contributed by atoms with Gasteiger partial charge in [0.1, 0.15) is 5.78 Å². The molecule has 0 aliphatic rings. The van der Waals surface area contributed by atoms with E-state index in [0.29, 0.717) is 5.82 Å². The maximum absolute atomic E-state index is 11.1. The molecule has 7 nitrogen and oxygen atoms in total. The number of aromatic nitrogens is 4. The Hall–Kier alpha value is -1.79. The average Bonchev–Trinajstić information content (AvgIpc) is 2.53. The average molecular weight is 197 g/mol. The minimum atomic E-state index is -0.347. The predicted molar refractivity (Wildman–Crippen MR) is 46.0 cm³/mol. The molecule has 0 aliphatic heterocycles. The largest absolute Gasteiger partial charge is 0.346 e. The van der Waals surface area contributed by atoms with Crippen LogP contribution >= 0.6 is 0 Å². The molecule has 1 aromatic rings. The van der Waals surface area contributed by atoms with Crippen LogP contribution in [0.25, 0.3) is 0 Å². The molecule has 0 bridgehead atoms. The third kappa shape index (κ3) is 2.92. The summed E-state index contributed by atoms with van der Waals surface area (Å²) < 4.78 is 0. The van der Waals surface area contributed by atoms with Gasteiger partial charge >= 0.3 is 0 Å². The summed E-state index contributed by atoms with van der Waals surface area (Å²) in [5, 5.41) is 15.6. The Bertz CT molecular complexity index is 321. The summed E-state index contributed by atoms with van der Waals surface area (Å²) in [4.78, 5) is 21.8. The molecule has 0 aliphatic carbocycles. The molecule has 7 heteroatoms. The first-order chi connectivity index (χ1) is 6.59. The van der Waals surface area contributed by atoms with Gasteiger partial charge in [-0.05, 0) is 13.8 Å². The molecule has 1 unspecified atom stereocenters. The molecule has 76 valence electrons. The number of hydrogen-bond acceptors (Lipinski definition) is 5. The number of carbonyl (C=O) groups is 2. The highest BCUT2D eigenvalue weighted by Gasteiger charge is 2.13. The molecular formula is C7H11N5O2. The second-order valence-electron chi connectivity index (χ2n) is 2.94. The highest BCUT2D eigenvalue weighted by molar-refractivity contribution is 5.96. The molecule has 1 atom stereocenters. The van der Waals surface area contributed by atoms with Crippen molar-refractivity contribution in [1.82, 2.24) is 25.9 Å². The van der Waals surface area contributed by atoms with E-state index >= 15 is 0 Å². The third-order valence-electron chi connectivity index (χ3n) is 1.54. The lowest BCUT2D eigenvalue weighted by molar-refractivity contribution is -0.127. The van der Waals surface area contributed by atoms with Gasteiger partial charge in [-0.3, -0.25) is 9.59 Å². The number of rotatable bonds is 4. The summed E-state index contributed by atoms with van der Waals surface area (Å²) in [5.41, 5.74) is 0. The predicted octanol–water partition coefficient (Wildman–Crippen LogP) is -0.644. The Morgan fingerprint density at radius 2 is 2.29 bits per heavy atom. The summed E-state index contributed by atoms with van der Waals surface area (Å²) in [6, 6.07) is -0.347. The van der Waals surface area contributed by atoms with Crippen molar-refractivity contribution in [3.63, 3.8) is 0 Å². The first-order valence-corrected chi connectivity index (χ1v) is 4.11. The molecule has 1 heterocycles. The van der Waals surface area contributed by atoms with Gasteiger partial charge in [-0.1, -0.05) is 5.21 Å². The minimum Gasteiger partial charge on any atom is -0.346 e. The van der Waals surface area contributed by atoms with Crippen molar-refractivity contribution in [2.24, 2.45) is 0 Å². The van der Waals surface area contributed by atoms with Crippen LogP contribution in [-0.2, 0) is 9.59 Å². The molecule has 1 amide bonds. The smallest absolute Gasteiger partial charge is 0.228 e. The Morgan fingerprint density at radius 1 is 1.57 bits per heavy atom. The van der Waals surface area contributed by atoms with E-state index in [4.69, 9.17) is 0 Å². The Labute approximate surface area is 80.3 Å². The molecule has 0 spiro atoms. The van der Waals surface area contributed by atoms with Crippen LogP contribution < -0.4 is 5.32 Å². The van der Waals surface area contributed by atoms with Gasteiger partial charge in [-0.15, -0.1) is 10.2 Å². The van der Waals surface area contributed by atoms with Crippen molar-refractivity contribution < 1.29 is 9.59 Å². The second-order valence-corrected chi connectivity index (χ2v) is 2.94. The molecule has 0 aromatic carbocycles. The first-order valence-electron chi connectivity index (χ1n) is 4.11. The Kier molecular flexibility index (Phi) is 3.27. The molecule has 1 aromatic heterocycles. The quantitative estimate of drug-likeness (QED) is 0.625. The van der Waals surface area contributed by atoms with Crippen molar-refractivity contribution in [3.8, 4) is 0 Å². The van der Waals surface area contributed by atoms with Crippen LogP contribution in [0, 0.1) is 0 Å². The van der Waals surface area contributed by atoms with Crippen LogP contribution in [0.4, 0.5) is 0 Å². The van der Waals surface area contributed by atoms with Crippen molar-refractivity contribution in [2.75, 3.05) is 0 Å². The summed E-state index contributed by atoms with van der Waals surface area (Å²) in [5.74, 6) is -0.125. The van der Waals surface area contributed by atoms with Gasteiger partial charge in [-0.25, -0.2) is 0 Å². The molecular weight excluding hydrogens is 186 g/mol. The number of Topliss-reactive ketones (excluding diaryl/α,β-unsaturated/α-hetero) is 1. The zero-order valence-electron chi connectivity index (χ0n) is 7.94. The van der Waals surface area contributed by atoms with E-state index in [1.165, 1.54) is 6.92 Å². The summed E-state index contributed by atoms with van der Waals surface area (Å²) >= 11 is 0. The van der Waals surface area contributed by atoms with E-state index < -0.39 is 0 Å². The lowest BCUT2D eigenvalue weighted by atomic mass is 10.2. The number of carbonyl (C=O) groups excluding carboxylic acids is 2. The Balaban J connectivity index is 2.45. The zero-order valence-corrected chi connectivity index (χ0v) is 7.94. The third-order valence-corrected chi connectivity index (χ3v) is 1.54. The van der Waals surface area contributed by atoms with Crippen LogP contribution in [0.1, 0.15) is 32.1 Å². The fourth-order valence-corrected chi connectivity index (χ4v) is 0.936. The van der Waals surface area contributed by atoms with E-state index in [9.17, 15) is 9.59 Å². The van der Waals surface area contributed by atoms with Crippen molar-refractivity contribution in [2.45, 2.75) is 26.3 Å². The SMILES string of the molecule is CC(=O)CC(=O)NC(C)c1nn[nH]n1. The maximum Gasteiger partial charge on any atom is 0.228 e. The number of hydrogen-bond donors (Lipinski definition) is 2. The molecule has 1 rings (SSSR count).